The van der Waals surface area contributed by atoms with E-state index in [1.807, 2.05) is 0 Å². The van der Waals surface area contributed by atoms with Gasteiger partial charge in [-0.05, 0) is 0 Å². The van der Waals surface area contributed by atoms with Crippen LogP contribution < -0.4 is 10.5 Å². The molecule has 0 radical (unpaired) electrons. The topological polar surface area (TPSA) is 68.4 Å². The second-order valence-corrected chi connectivity index (χ2v) is 2.28. The van der Waals surface area contributed by atoms with Gasteiger partial charge in [-0.1, -0.05) is 0 Å². The Morgan fingerprint density at radius 2 is 2.23 bits per heavy atom. The molecule has 0 aliphatic carbocycles. The summed E-state index contributed by atoms with van der Waals surface area (Å²) in [5.74, 6) is -0.749. The maximum atomic E-state index is 12.3. The van der Waals surface area contributed by atoms with Crippen molar-refractivity contribution in [2.24, 2.45) is 0 Å². The number of pyridine rings is 1. The fraction of sp³-hybridized carbons (Fsp3) is 0.286. The molecule has 0 aromatic carbocycles. The van der Waals surface area contributed by atoms with E-state index >= 15 is 0 Å². The van der Waals surface area contributed by atoms with E-state index in [2.05, 4.69) is 9.72 Å². The van der Waals surface area contributed by atoms with Crippen LogP contribution in [-0.4, -0.2) is 17.2 Å². The first-order valence-electron chi connectivity index (χ1n) is 3.37. The number of alkyl halides is 2. The van der Waals surface area contributed by atoms with Gasteiger partial charge >= 0.3 is 0 Å². The lowest BCUT2D eigenvalue weighted by molar-refractivity contribution is 0.148. The zero-order chi connectivity index (χ0) is 10.0. The Morgan fingerprint density at radius 3 is 2.69 bits per heavy atom. The molecular formula is C7H8F2N2O2. The molecule has 0 aliphatic rings. The van der Waals surface area contributed by atoms with Crippen LogP contribution in [0.4, 0.5) is 14.5 Å². The highest BCUT2D eigenvalue weighted by Gasteiger charge is 2.20. The molecule has 0 spiro atoms. The van der Waals surface area contributed by atoms with E-state index in [9.17, 15) is 8.78 Å². The molecular weight excluding hydrogens is 182 g/mol. The molecule has 3 N–H and O–H groups in total. The van der Waals surface area contributed by atoms with Crippen molar-refractivity contribution in [3.8, 4) is 11.6 Å². The van der Waals surface area contributed by atoms with Crippen molar-refractivity contribution in [1.29, 1.82) is 0 Å². The maximum Gasteiger partial charge on any atom is 0.269 e. The molecule has 0 aliphatic heterocycles. The number of nitrogens with zero attached hydrogens (tertiary/aromatic N) is 1. The van der Waals surface area contributed by atoms with Gasteiger partial charge in [-0.25, -0.2) is 13.8 Å². The molecule has 0 saturated heterocycles. The lowest BCUT2D eigenvalue weighted by Gasteiger charge is -2.09. The average Bonchev–Trinajstić information content (AvgIpc) is 2.04. The van der Waals surface area contributed by atoms with E-state index in [0.29, 0.717) is 0 Å². The van der Waals surface area contributed by atoms with Crippen LogP contribution >= 0.6 is 0 Å². The zero-order valence-corrected chi connectivity index (χ0v) is 6.79. The number of hydrogen-bond acceptors (Lipinski definition) is 4. The van der Waals surface area contributed by atoms with Crippen molar-refractivity contribution in [2.45, 2.75) is 6.43 Å². The van der Waals surface area contributed by atoms with Crippen molar-refractivity contribution in [2.75, 3.05) is 12.8 Å². The highest BCUT2D eigenvalue weighted by atomic mass is 19.3. The minimum absolute atomic E-state index is 0.118. The van der Waals surface area contributed by atoms with E-state index in [1.54, 1.807) is 0 Å². The number of methoxy groups -OCH3 is 1. The van der Waals surface area contributed by atoms with Crippen LogP contribution in [0.3, 0.4) is 0 Å². The van der Waals surface area contributed by atoms with Gasteiger partial charge in [0.05, 0.1) is 18.9 Å². The number of rotatable bonds is 2. The Labute approximate surface area is 73.0 Å². The van der Waals surface area contributed by atoms with E-state index in [0.717, 1.165) is 6.20 Å². The molecule has 0 bridgehead atoms. The molecule has 4 nitrogen and oxygen atoms in total. The van der Waals surface area contributed by atoms with Gasteiger partial charge < -0.3 is 15.6 Å². The van der Waals surface area contributed by atoms with Gasteiger partial charge in [-0.3, -0.25) is 0 Å². The summed E-state index contributed by atoms with van der Waals surface area (Å²) >= 11 is 0. The number of anilines is 1. The van der Waals surface area contributed by atoms with Crippen LogP contribution in [0, 0.1) is 0 Å². The number of nitrogen functional groups attached to an aromatic ring is 1. The first kappa shape index (κ1) is 9.50. The van der Waals surface area contributed by atoms with Gasteiger partial charge in [-0.2, -0.15) is 0 Å². The molecule has 0 saturated carbocycles. The number of halogens is 2. The molecule has 0 fully saturated rings. The summed E-state index contributed by atoms with van der Waals surface area (Å²) in [6, 6.07) is 0. The molecule has 6 heteroatoms. The molecule has 1 aromatic heterocycles. The van der Waals surface area contributed by atoms with E-state index < -0.39 is 17.7 Å². The van der Waals surface area contributed by atoms with E-state index in [-0.39, 0.29) is 11.6 Å². The third kappa shape index (κ3) is 1.61. The highest BCUT2D eigenvalue weighted by Crippen LogP contribution is 2.36. The Hall–Kier alpha value is -1.59. The number of aromatic nitrogens is 1. The summed E-state index contributed by atoms with van der Waals surface area (Å²) in [5, 5.41) is 9.00. The Kier molecular flexibility index (Phi) is 2.50. The molecule has 0 amide bonds. The van der Waals surface area contributed by atoms with Crippen molar-refractivity contribution in [1.82, 2.24) is 4.98 Å². The van der Waals surface area contributed by atoms with Crippen LogP contribution in [-0.2, 0) is 0 Å². The van der Waals surface area contributed by atoms with Gasteiger partial charge in [-0.15, -0.1) is 0 Å². The lowest BCUT2D eigenvalue weighted by Crippen LogP contribution is -2.01. The summed E-state index contributed by atoms with van der Waals surface area (Å²) < 4.78 is 29.2. The van der Waals surface area contributed by atoms with Crippen LogP contribution in [0.25, 0.3) is 0 Å². The third-order valence-electron chi connectivity index (χ3n) is 1.51. The molecule has 72 valence electrons. The standard InChI is InChI=1S/C7H8F2N2O2/c1-13-7-5(10)4(6(8)9)3(12)2-11-7/h2,6,12H,10H2,1H3. The number of aromatic hydroxyl groups is 1. The lowest BCUT2D eigenvalue weighted by atomic mass is 10.2. The molecule has 1 aromatic rings. The van der Waals surface area contributed by atoms with Crippen molar-refractivity contribution < 1.29 is 18.6 Å². The number of ether oxygens (including phenoxy) is 1. The smallest absolute Gasteiger partial charge is 0.269 e. The van der Waals surface area contributed by atoms with Crippen LogP contribution in [0.15, 0.2) is 6.20 Å². The molecule has 1 rings (SSSR count). The first-order chi connectivity index (χ1) is 6.07. The third-order valence-corrected chi connectivity index (χ3v) is 1.51. The zero-order valence-electron chi connectivity index (χ0n) is 6.79. The summed E-state index contributed by atoms with van der Waals surface area (Å²) in [6.07, 6.45) is -1.98. The van der Waals surface area contributed by atoms with E-state index in [4.69, 9.17) is 10.8 Å². The Bertz CT molecular complexity index is 318. The van der Waals surface area contributed by atoms with Gasteiger partial charge in [0.15, 0.2) is 0 Å². The first-order valence-corrected chi connectivity index (χ1v) is 3.37. The quantitative estimate of drug-likeness (QED) is 0.737. The second-order valence-electron chi connectivity index (χ2n) is 2.28. The molecule has 0 unspecified atom stereocenters. The largest absolute Gasteiger partial charge is 0.506 e. The highest BCUT2D eigenvalue weighted by molar-refractivity contribution is 5.60. The summed E-state index contributed by atoms with van der Waals surface area (Å²) in [4.78, 5) is 3.51. The minimum atomic E-state index is -2.85. The van der Waals surface area contributed by atoms with Gasteiger partial charge in [0.25, 0.3) is 6.43 Å². The van der Waals surface area contributed by atoms with Gasteiger partial charge in [0, 0.05) is 0 Å². The van der Waals surface area contributed by atoms with Crippen LogP contribution in [0.1, 0.15) is 12.0 Å². The Morgan fingerprint density at radius 1 is 1.62 bits per heavy atom. The summed E-state index contributed by atoms with van der Waals surface area (Å²) in [7, 11) is 1.25. The predicted octanol–water partition coefficient (Wildman–Crippen LogP) is 1.32. The monoisotopic (exact) mass is 190 g/mol. The fourth-order valence-corrected chi connectivity index (χ4v) is 0.904. The second kappa shape index (κ2) is 3.42. The normalized spacial score (nSPS) is 10.5. The van der Waals surface area contributed by atoms with Crippen molar-refractivity contribution in [3.05, 3.63) is 11.8 Å². The maximum absolute atomic E-state index is 12.3. The number of nitrogens with two attached hydrogens (primary N) is 1. The molecule has 1 heterocycles. The van der Waals surface area contributed by atoms with Crippen LogP contribution in [0.5, 0.6) is 11.6 Å². The molecule has 13 heavy (non-hydrogen) atoms. The molecule has 0 atom stereocenters. The predicted molar refractivity (Wildman–Crippen MR) is 41.8 cm³/mol. The van der Waals surface area contributed by atoms with Gasteiger partial charge in [0.2, 0.25) is 5.88 Å². The van der Waals surface area contributed by atoms with Gasteiger partial charge in [0.1, 0.15) is 11.4 Å². The Balaban J connectivity index is 3.30. The van der Waals surface area contributed by atoms with Crippen molar-refractivity contribution >= 4 is 5.69 Å². The fourth-order valence-electron chi connectivity index (χ4n) is 0.904. The average molecular weight is 190 g/mol. The summed E-state index contributed by atoms with van der Waals surface area (Å²) in [6.45, 7) is 0. The minimum Gasteiger partial charge on any atom is -0.506 e. The van der Waals surface area contributed by atoms with E-state index in [1.165, 1.54) is 7.11 Å². The van der Waals surface area contributed by atoms with Crippen LogP contribution in [0.2, 0.25) is 0 Å². The number of hydrogen-bond donors (Lipinski definition) is 2. The SMILES string of the molecule is COc1ncc(O)c(C(F)F)c1N. The summed E-state index contributed by atoms with van der Waals surface area (Å²) in [5.41, 5.74) is 4.29. The van der Waals surface area contributed by atoms with Crippen molar-refractivity contribution in [3.63, 3.8) is 0 Å².